The number of ether oxygens (including phenoxy) is 1. The van der Waals surface area contributed by atoms with Gasteiger partial charge >= 0.3 is 0 Å². The summed E-state index contributed by atoms with van der Waals surface area (Å²) in [6, 6.07) is 16.9. The molecular formula is C19H20O2. The van der Waals surface area contributed by atoms with E-state index in [0.29, 0.717) is 12.5 Å². The number of benzene rings is 2. The summed E-state index contributed by atoms with van der Waals surface area (Å²) >= 11 is 0. The predicted molar refractivity (Wildman–Crippen MR) is 82.3 cm³/mol. The van der Waals surface area contributed by atoms with Gasteiger partial charge in [0.05, 0.1) is 12.7 Å². The summed E-state index contributed by atoms with van der Waals surface area (Å²) in [5, 5.41) is 10.7. The second-order valence-electron chi connectivity index (χ2n) is 6.14. The Morgan fingerprint density at radius 2 is 1.71 bits per heavy atom. The number of rotatable bonds is 3. The van der Waals surface area contributed by atoms with Crippen LogP contribution in [0.5, 0.6) is 0 Å². The SMILES string of the molecule is OC(CC1Cc2ccccc21)C1OCCc2ccccc21. The van der Waals surface area contributed by atoms with Crippen molar-refractivity contribution in [3.63, 3.8) is 0 Å². The summed E-state index contributed by atoms with van der Waals surface area (Å²) in [5.41, 5.74) is 5.32. The Morgan fingerprint density at radius 3 is 2.52 bits per heavy atom. The first-order chi connectivity index (χ1) is 10.3. The Hall–Kier alpha value is -1.64. The highest BCUT2D eigenvalue weighted by atomic mass is 16.5. The van der Waals surface area contributed by atoms with Crippen LogP contribution < -0.4 is 0 Å². The summed E-state index contributed by atoms with van der Waals surface area (Å²) in [7, 11) is 0. The molecule has 0 bridgehead atoms. The first-order valence-corrected chi connectivity index (χ1v) is 7.78. The quantitative estimate of drug-likeness (QED) is 0.934. The Labute approximate surface area is 125 Å². The second-order valence-corrected chi connectivity index (χ2v) is 6.14. The first-order valence-electron chi connectivity index (χ1n) is 7.78. The molecule has 0 aromatic heterocycles. The standard InChI is InChI=1S/C19H20O2/c20-18(12-15-11-14-6-2-3-7-16(14)15)19-17-8-4-1-5-13(17)9-10-21-19/h1-8,15,18-20H,9-12H2. The Balaban J connectivity index is 1.51. The molecule has 1 aliphatic carbocycles. The highest BCUT2D eigenvalue weighted by Gasteiger charge is 2.33. The predicted octanol–water partition coefficient (Wildman–Crippen LogP) is 3.39. The van der Waals surface area contributed by atoms with Crippen molar-refractivity contribution in [1.29, 1.82) is 0 Å². The van der Waals surface area contributed by atoms with E-state index in [1.807, 2.05) is 6.07 Å². The minimum absolute atomic E-state index is 0.164. The summed E-state index contributed by atoms with van der Waals surface area (Å²) in [6.07, 6.45) is 2.23. The first kappa shape index (κ1) is 13.1. The summed E-state index contributed by atoms with van der Waals surface area (Å²) in [5.74, 6) is 0.480. The van der Waals surface area contributed by atoms with E-state index < -0.39 is 6.10 Å². The maximum Gasteiger partial charge on any atom is 0.109 e. The van der Waals surface area contributed by atoms with Gasteiger partial charge in [-0.15, -0.1) is 0 Å². The third-order valence-corrected chi connectivity index (χ3v) is 4.87. The lowest BCUT2D eigenvalue weighted by atomic mass is 9.74. The van der Waals surface area contributed by atoms with Crippen LogP contribution in [0.3, 0.4) is 0 Å². The van der Waals surface area contributed by atoms with Gasteiger partial charge in [0.1, 0.15) is 6.10 Å². The molecule has 2 nitrogen and oxygen atoms in total. The number of fused-ring (bicyclic) bond motifs is 2. The molecule has 0 saturated heterocycles. The van der Waals surface area contributed by atoms with Gasteiger partial charge in [-0.2, -0.15) is 0 Å². The third kappa shape index (κ3) is 2.29. The van der Waals surface area contributed by atoms with Gasteiger partial charge in [-0.25, -0.2) is 0 Å². The van der Waals surface area contributed by atoms with Crippen LogP contribution >= 0.6 is 0 Å². The fourth-order valence-corrected chi connectivity index (χ4v) is 3.73. The smallest absolute Gasteiger partial charge is 0.109 e. The van der Waals surface area contributed by atoms with Crippen LogP contribution in [0.15, 0.2) is 48.5 Å². The van der Waals surface area contributed by atoms with Gasteiger partial charge in [0.2, 0.25) is 0 Å². The lowest BCUT2D eigenvalue weighted by molar-refractivity contribution is -0.0527. The molecule has 0 saturated carbocycles. The van der Waals surface area contributed by atoms with Crippen LogP contribution in [0.25, 0.3) is 0 Å². The Bertz CT molecular complexity index is 650. The molecule has 0 amide bonds. The van der Waals surface area contributed by atoms with Crippen LogP contribution in [-0.2, 0) is 17.6 Å². The molecule has 1 N–H and O–H groups in total. The largest absolute Gasteiger partial charge is 0.390 e. The van der Waals surface area contributed by atoms with E-state index in [4.69, 9.17) is 4.74 Å². The van der Waals surface area contributed by atoms with Crippen molar-refractivity contribution in [3.8, 4) is 0 Å². The van der Waals surface area contributed by atoms with Crippen molar-refractivity contribution in [2.45, 2.75) is 37.4 Å². The van der Waals surface area contributed by atoms with Crippen molar-refractivity contribution in [2.24, 2.45) is 0 Å². The van der Waals surface area contributed by atoms with Crippen molar-refractivity contribution in [3.05, 3.63) is 70.8 Å². The number of hydrogen-bond donors (Lipinski definition) is 1. The number of aliphatic hydroxyl groups excluding tert-OH is 1. The maximum atomic E-state index is 10.7. The molecule has 2 aliphatic rings. The summed E-state index contributed by atoms with van der Waals surface area (Å²) < 4.78 is 5.87. The molecule has 1 aliphatic heterocycles. The Morgan fingerprint density at radius 1 is 1.00 bits per heavy atom. The molecule has 1 heterocycles. The van der Waals surface area contributed by atoms with Gasteiger partial charge in [-0.05, 0) is 47.4 Å². The third-order valence-electron chi connectivity index (χ3n) is 4.87. The molecule has 4 rings (SSSR count). The van der Waals surface area contributed by atoms with Crippen LogP contribution in [0.1, 0.15) is 40.7 Å². The summed E-state index contributed by atoms with van der Waals surface area (Å²) in [4.78, 5) is 0. The molecule has 0 spiro atoms. The average Bonchev–Trinajstić information content (AvgIpc) is 2.52. The van der Waals surface area contributed by atoms with Gasteiger partial charge in [0, 0.05) is 0 Å². The Kier molecular flexibility index (Phi) is 3.28. The highest BCUT2D eigenvalue weighted by molar-refractivity contribution is 5.40. The van der Waals surface area contributed by atoms with Gasteiger partial charge in [0.25, 0.3) is 0 Å². The fraction of sp³-hybridized carbons (Fsp3) is 0.368. The maximum absolute atomic E-state index is 10.7. The minimum atomic E-state index is -0.426. The molecule has 3 atom stereocenters. The highest BCUT2D eigenvalue weighted by Crippen LogP contribution is 2.41. The molecule has 108 valence electrons. The number of hydrogen-bond acceptors (Lipinski definition) is 2. The molecule has 21 heavy (non-hydrogen) atoms. The van der Waals surface area contributed by atoms with Gasteiger partial charge in [-0.1, -0.05) is 48.5 Å². The van der Waals surface area contributed by atoms with Crippen LogP contribution in [-0.4, -0.2) is 17.8 Å². The van der Waals surface area contributed by atoms with E-state index in [-0.39, 0.29) is 6.10 Å². The van der Waals surface area contributed by atoms with E-state index in [2.05, 4.69) is 42.5 Å². The fourth-order valence-electron chi connectivity index (χ4n) is 3.73. The van der Waals surface area contributed by atoms with Crippen molar-refractivity contribution < 1.29 is 9.84 Å². The zero-order valence-electron chi connectivity index (χ0n) is 12.0. The molecule has 2 aromatic carbocycles. The monoisotopic (exact) mass is 280 g/mol. The second kappa shape index (κ2) is 5.28. The normalized spacial score (nSPS) is 24.6. The van der Waals surface area contributed by atoms with E-state index in [9.17, 15) is 5.11 Å². The van der Waals surface area contributed by atoms with E-state index in [0.717, 1.165) is 19.3 Å². The van der Waals surface area contributed by atoms with Crippen molar-refractivity contribution in [1.82, 2.24) is 0 Å². The van der Waals surface area contributed by atoms with Crippen molar-refractivity contribution >= 4 is 0 Å². The average molecular weight is 280 g/mol. The minimum Gasteiger partial charge on any atom is -0.390 e. The van der Waals surface area contributed by atoms with E-state index in [1.54, 1.807) is 0 Å². The van der Waals surface area contributed by atoms with Crippen LogP contribution in [0, 0.1) is 0 Å². The lowest BCUT2D eigenvalue weighted by Crippen LogP contribution is -2.30. The molecule has 0 fully saturated rings. The molecule has 2 heteroatoms. The van der Waals surface area contributed by atoms with Gasteiger partial charge in [0.15, 0.2) is 0 Å². The van der Waals surface area contributed by atoms with Crippen LogP contribution in [0.2, 0.25) is 0 Å². The van der Waals surface area contributed by atoms with Crippen molar-refractivity contribution in [2.75, 3.05) is 6.61 Å². The van der Waals surface area contributed by atoms with Crippen LogP contribution in [0.4, 0.5) is 0 Å². The van der Waals surface area contributed by atoms with Gasteiger partial charge in [-0.3, -0.25) is 0 Å². The molecule has 3 unspecified atom stereocenters. The molecule has 2 aromatic rings. The van der Waals surface area contributed by atoms with Gasteiger partial charge < -0.3 is 9.84 Å². The zero-order valence-corrected chi connectivity index (χ0v) is 12.0. The van der Waals surface area contributed by atoms with E-state index >= 15 is 0 Å². The summed E-state index contributed by atoms with van der Waals surface area (Å²) in [6.45, 7) is 0.708. The van der Waals surface area contributed by atoms with E-state index in [1.165, 1.54) is 22.3 Å². The number of aliphatic hydroxyl groups is 1. The zero-order chi connectivity index (χ0) is 14.2. The molecule has 0 radical (unpaired) electrons. The molecular weight excluding hydrogens is 260 g/mol. The lowest BCUT2D eigenvalue weighted by Gasteiger charge is -2.35. The topological polar surface area (TPSA) is 29.5 Å².